The summed E-state index contributed by atoms with van der Waals surface area (Å²) in [6.45, 7) is 4.80. The van der Waals surface area contributed by atoms with Gasteiger partial charge >= 0.3 is 0 Å². The smallest absolute Gasteiger partial charge is 0.269 e. The second kappa shape index (κ2) is 14.5. The highest BCUT2D eigenvalue weighted by molar-refractivity contribution is 7.99. The number of hydrogen-bond acceptors (Lipinski definition) is 5. The third-order valence-corrected chi connectivity index (χ3v) is 7.06. The number of nitrogens with one attached hydrogen (secondary N) is 1. The lowest BCUT2D eigenvalue weighted by Gasteiger charge is -2.32. The molecule has 9 heteroatoms. The Bertz CT molecular complexity index is 1220. The standard InChI is InChI=1S/C29H32ClN3O4S/c1-21(2)17-31-29(35)27(16-22-7-4-3-5-8-22)32(18-24-9-6-10-25(30)15-24)28(34)20-38-19-23-11-13-26(14-12-23)33(36)37/h3-15,21,27H,16-20H2,1-2H3,(H,31,35)/t27-/m0/s1. The summed E-state index contributed by atoms with van der Waals surface area (Å²) in [5.74, 6) is 0.569. The third kappa shape index (κ3) is 9.19. The predicted octanol–water partition coefficient (Wildman–Crippen LogP) is 5.89. The van der Waals surface area contributed by atoms with Gasteiger partial charge in [0.25, 0.3) is 5.69 Å². The van der Waals surface area contributed by atoms with Crippen LogP contribution in [0.1, 0.15) is 30.5 Å². The van der Waals surface area contributed by atoms with Crippen LogP contribution < -0.4 is 5.32 Å². The van der Waals surface area contributed by atoms with Crippen molar-refractivity contribution in [2.75, 3.05) is 12.3 Å². The van der Waals surface area contributed by atoms with Crippen LogP contribution >= 0.6 is 23.4 Å². The fraction of sp³-hybridized carbons (Fsp3) is 0.310. The predicted molar refractivity (Wildman–Crippen MR) is 153 cm³/mol. The number of benzene rings is 3. The van der Waals surface area contributed by atoms with Crippen molar-refractivity contribution in [1.29, 1.82) is 0 Å². The molecule has 0 heterocycles. The zero-order valence-corrected chi connectivity index (χ0v) is 23.1. The number of thioether (sulfide) groups is 1. The zero-order valence-electron chi connectivity index (χ0n) is 21.5. The number of nitrogens with zero attached hydrogens (tertiary/aromatic N) is 2. The first-order valence-corrected chi connectivity index (χ1v) is 13.9. The Morgan fingerprint density at radius 1 is 0.974 bits per heavy atom. The monoisotopic (exact) mass is 553 g/mol. The molecule has 2 amide bonds. The first-order chi connectivity index (χ1) is 18.2. The minimum absolute atomic E-state index is 0.0266. The van der Waals surface area contributed by atoms with Crippen molar-refractivity contribution >= 4 is 40.9 Å². The Balaban J connectivity index is 1.82. The van der Waals surface area contributed by atoms with Crippen LogP contribution in [0.5, 0.6) is 0 Å². The molecule has 38 heavy (non-hydrogen) atoms. The molecule has 0 saturated carbocycles. The van der Waals surface area contributed by atoms with Gasteiger partial charge in [-0.15, -0.1) is 11.8 Å². The normalized spacial score (nSPS) is 11.7. The van der Waals surface area contributed by atoms with E-state index >= 15 is 0 Å². The van der Waals surface area contributed by atoms with Gasteiger partial charge in [-0.05, 0) is 34.7 Å². The van der Waals surface area contributed by atoms with Crippen LogP contribution in [0.4, 0.5) is 5.69 Å². The van der Waals surface area contributed by atoms with Crippen molar-refractivity contribution in [3.63, 3.8) is 0 Å². The van der Waals surface area contributed by atoms with Crippen LogP contribution in [0, 0.1) is 16.0 Å². The number of rotatable bonds is 13. The van der Waals surface area contributed by atoms with Gasteiger partial charge in [0.1, 0.15) is 6.04 Å². The van der Waals surface area contributed by atoms with Gasteiger partial charge in [0.2, 0.25) is 11.8 Å². The molecule has 7 nitrogen and oxygen atoms in total. The van der Waals surface area contributed by atoms with Gasteiger partial charge in [-0.1, -0.05) is 80.0 Å². The highest BCUT2D eigenvalue weighted by Gasteiger charge is 2.30. The average Bonchev–Trinajstić information content (AvgIpc) is 2.90. The van der Waals surface area contributed by atoms with E-state index in [0.29, 0.717) is 23.7 Å². The van der Waals surface area contributed by atoms with Gasteiger partial charge in [-0.3, -0.25) is 19.7 Å². The number of halogens is 1. The summed E-state index contributed by atoms with van der Waals surface area (Å²) in [7, 11) is 0. The van der Waals surface area contributed by atoms with Gasteiger partial charge in [0, 0.05) is 42.4 Å². The minimum atomic E-state index is -0.706. The van der Waals surface area contributed by atoms with Crippen LogP contribution in [-0.2, 0) is 28.3 Å². The summed E-state index contributed by atoms with van der Waals surface area (Å²) in [5, 5.41) is 14.5. The van der Waals surface area contributed by atoms with Crippen LogP contribution in [0.3, 0.4) is 0 Å². The molecule has 0 aromatic heterocycles. The van der Waals surface area contributed by atoms with E-state index in [4.69, 9.17) is 11.6 Å². The Kier molecular flexibility index (Phi) is 11.2. The summed E-state index contributed by atoms with van der Waals surface area (Å²) in [6.07, 6.45) is 0.379. The average molecular weight is 554 g/mol. The fourth-order valence-corrected chi connectivity index (χ4v) is 4.95. The van der Waals surface area contributed by atoms with Gasteiger partial charge in [-0.2, -0.15) is 0 Å². The van der Waals surface area contributed by atoms with E-state index in [9.17, 15) is 19.7 Å². The lowest BCUT2D eigenvalue weighted by atomic mass is 10.0. The first kappa shape index (κ1) is 29.2. The number of nitro benzene ring substituents is 1. The molecule has 0 aliphatic rings. The van der Waals surface area contributed by atoms with Crippen molar-refractivity contribution in [2.45, 2.75) is 38.6 Å². The molecule has 1 atom stereocenters. The lowest BCUT2D eigenvalue weighted by Crippen LogP contribution is -2.51. The van der Waals surface area contributed by atoms with E-state index in [1.54, 1.807) is 29.2 Å². The van der Waals surface area contributed by atoms with E-state index in [-0.39, 0.29) is 35.7 Å². The Hall–Kier alpha value is -3.36. The number of carbonyl (C=O) groups is 2. The first-order valence-electron chi connectivity index (χ1n) is 12.4. The lowest BCUT2D eigenvalue weighted by molar-refractivity contribution is -0.384. The summed E-state index contributed by atoms with van der Waals surface area (Å²) in [6, 6.07) is 22.5. The van der Waals surface area contributed by atoms with Gasteiger partial charge in [0.05, 0.1) is 10.7 Å². The number of amides is 2. The molecule has 0 radical (unpaired) electrons. The zero-order chi connectivity index (χ0) is 27.5. The number of carbonyl (C=O) groups excluding carboxylic acids is 2. The molecule has 0 saturated heterocycles. The van der Waals surface area contributed by atoms with E-state index in [1.807, 2.05) is 56.3 Å². The molecule has 0 aliphatic heterocycles. The molecule has 1 N–H and O–H groups in total. The van der Waals surface area contributed by atoms with Crippen LogP contribution in [0.15, 0.2) is 78.9 Å². The molecule has 0 spiro atoms. The van der Waals surface area contributed by atoms with E-state index in [0.717, 1.165) is 16.7 Å². The van der Waals surface area contributed by atoms with Crippen molar-refractivity contribution in [1.82, 2.24) is 10.2 Å². The second-order valence-electron chi connectivity index (χ2n) is 9.41. The van der Waals surface area contributed by atoms with Gasteiger partial charge < -0.3 is 10.2 Å². The van der Waals surface area contributed by atoms with E-state index < -0.39 is 11.0 Å². The van der Waals surface area contributed by atoms with Crippen molar-refractivity contribution in [3.05, 3.63) is 111 Å². The Morgan fingerprint density at radius 2 is 1.66 bits per heavy atom. The van der Waals surface area contributed by atoms with Crippen LogP contribution in [-0.4, -0.2) is 40.0 Å². The van der Waals surface area contributed by atoms with E-state index in [1.165, 1.54) is 23.9 Å². The topological polar surface area (TPSA) is 92.6 Å². The summed E-state index contributed by atoms with van der Waals surface area (Å²) < 4.78 is 0. The maximum absolute atomic E-state index is 13.6. The van der Waals surface area contributed by atoms with Gasteiger partial charge in [0.15, 0.2) is 0 Å². The molecule has 3 aromatic carbocycles. The molecule has 0 bridgehead atoms. The molecule has 200 valence electrons. The number of nitro groups is 1. The van der Waals surface area contributed by atoms with Crippen molar-refractivity contribution in [2.24, 2.45) is 5.92 Å². The summed E-state index contributed by atoms with van der Waals surface area (Å²) in [5.41, 5.74) is 2.70. The molecular weight excluding hydrogens is 522 g/mol. The maximum Gasteiger partial charge on any atom is 0.269 e. The second-order valence-corrected chi connectivity index (χ2v) is 10.8. The quantitative estimate of drug-likeness (QED) is 0.210. The molecule has 0 unspecified atom stereocenters. The highest BCUT2D eigenvalue weighted by atomic mass is 35.5. The third-order valence-electron chi connectivity index (χ3n) is 5.84. The molecule has 0 fully saturated rings. The number of hydrogen-bond donors (Lipinski definition) is 1. The minimum Gasteiger partial charge on any atom is -0.354 e. The summed E-state index contributed by atoms with van der Waals surface area (Å²) >= 11 is 7.62. The molecule has 3 aromatic rings. The Morgan fingerprint density at radius 3 is 2.29 bits per heavy atom. The molecule has 3 rings (SSSR count). The van der Waals surface area contributed by atoms with Crippen molar-refractivity contribution in [3.8, 4) is 0 Å². The SMILES string of the molecule is CC(C)CNC(=O)[C@H](Cc1ccccc1)N(Cc1cccc(Cl)c1)C(=O)CSCc1ccc([N+](=O)[O-])cc1. The van der Waals surface area contributed by atoms with Crippen LogP contribution in [0.25, 0.3) is 0 Å². The largest absolute Gasteiger partial charge is 0.354 e. The van der Waals surface area contributed by atoms with Crippen molar-refractivity contribution < 1.29 is 14.5 Å². The van der Waals surface area contributed by atoms with E-state index in [2.05, 4.69) is 5.32 Å². The van der Waals surface area contributed by atoms with Gasteiger partial charge in [-0.25, -0.2) is 0 Å². The highest BCUT2D eigenvalue weighted by Crippen LogP contribution is 2.21. The summed E-state index contributed by atoms with van der Waals surface area (Å²) in [4.78, 5) is 39.2. The molecular formula is C29H32ClN3O4S. The fourth-order valence-electron chi connectivity index (χ4n) is 3.86. The molecule has 0 aliphatic carbocycles. The maximum atomic E-state index is 13.6. The number of non-ortho nitro benzene ring substituents is 1. The van der Waals surface area contributed by atoms with Crippen LogP contribution in [0.2, 0.25) is 5.02 Å². The Labute approximate surface area is 232 Å².